The van der Waals surface area contributed by atoms with E-state index >= 15 is 0 Å². The normalized spacial score (nSPS) is 20.8. The van der Waals surface area contributed by atoms with Crippen molar-refractivity contribution in [3.05, 3.63) is 30.1 Å². The van der Waals surface area contributed by atoms with Crippen molar-refractivity contribution >= 4 is 11.9 Å². The maximum atomic E-state index is 12.8. The number of aliphatic carboxylic acids is 1. The minimum absolute atomic E-state index is 0.0290. The van der Waals surface area contributed by atoms with E-state index in [-0.39, 0.29) is 17.6 Å². The topological polar surface area (TPSA) is 66.8 Å². The van der Waals surface area contributed by atoms with Crippen LogP contribution in [0.3, 0.4) is 0 Å². The molecule has 2 atom stereocenters. The molecule has 0 radical (unpaired) electrons. The Bertz CT molecular complexity index is 546. The first kappa shape index (κ1) is 17.2. The van der Waals surface area contributed by atoms with Crippen LogP contribution in [0.1, 0.15) is 25.7 Å². The molecule has 0 aliphatic heterocycles. The van der Waals surface area contributed by atoms with Gasteiger partial charge in [-0.15, -0.1) is 0 Å². The van der Waals surface area contributed by atoms with E-state index < -0.39 is 11.9 Å². The summed E-state index contributed by atoms with van der Waals surface area (Å²) in [6.45, 7) is 0.716. The van der Waals surface area contributed by atoms with E-state index in [0.717, 1.165) is 12.8 Å². The van der Waals surface area contributed by atoms with E-state index in [1.807, 2.05) is 0 Å². The number of carboxylic acid groups (broad SMARTS) is 1. The molecule has 0 heterocycles. The number of halogens is 1. The second-order valence-electron chi connectivity index (χ2n) is 5.96. The average Bonchev–Trinajstić information content (AvgIpc) is 2.56. The van der Waals surface area contributed by atoms with Gasteiger partial charge in [0.15, 0.2) is 0 Å². The number of carbonyl (C=O) groups excluding carboxylic acids is 1. The molecule has 0 aromatic heterocycles. The number of carbonyl (C=O) groups is 2. The summed E-state index contributed by atoms with van der Waals surface area (Å²) in [4.78, 5) is 25.0. The summed E-state index contributed by atoms with van der Waals surface area (Å²) in [5.74, 6) is -1.25. The molecule has 6 heteroatoms. The van der Waals surface area contributed by atoms with Crippen LogP contribution in [0.4, 0.5) is 4.39 Å². The number of nitrogens with zero attached hydrogens (tertiary/aromatic N) is 1. The lowest BCUT2D eigenvalue weighted by atomic mass is 9.81. The number of carboxylic acids is 1. The van der Waals surface area contributed by atoms with Gasteiger partial charge in [0.2, 0.25) is 5.91 Å². The highest BCUT2D eigenvalue weighted by Gasteiger charge is 2.32. The standard InChI is InChI=1S/C17H22FNO4/c1-19(9-10-23-15-7-5-14(18)6-8-15)16(20)12-3-2-4-13(11-12)17(21)22/h5-8,12-13H,2-4,9-11H2,1H3,(H,21,22). The molecule has 1 aliphatic rings. The summed E-state index contributed by atoms with van der Waals surface area (Å²) >= 11 is 0. The smallest absolute Gasteiger partial charge is 0.306 e. The van der Waals surface area contributed by atoms with Crippen molar-refractivity contribution in [1.29, 1.82) is 0 Å². The summed E-state index contributed by atoms with van der Waals surface area (Å²) < 4.78 is 18.3. The fourth-order valence-electron chi connectivity index (χ4n) is 2.89. The van der Waals surface area contributed by atoms with Crippen molar-refractivity contribution in [2.75, 3.05) is 20.2 Å². The molecule has 1 amide bonds. The highest BCUT2D eigenvalue weighted by molar-refractivity contribution is 5.80. The van der Waals surface area contributed by atoms with Crippen molar-refractivity contribution in [3.63, 3.8) is 0 Å². The number of hydrogen-bond donors (Lipinski definition) is 1. The predicted octanol–water partition coefficient (Wildman–Crippen LogP) is 2.55. The molecular formula is C17H22FNO4. The Morgan fingerprint density at radius 3 is 2.57 bits per heavy atom. The van der Waals surface area contributed by atoms with Crippen LogP contribution in [0.15, 0.2) is 24.3 Å². The third kappa shape index (κ3) is 4.94. The SMILES string of the molecule is CN(CCOc1ccc(F)cc1)C(=O)C1CCCC(C(=O)O)C1. The second-order valence-corrected chi connectivity index (χ2v) is 5.96. The third-order valence-electron chi connectivity index (χ3n) is 4.26. The summed E-state index contributed by atoms with van der Waals surface area (Å²) in [6, 6.07) is 5.71. The average molecular weight is 323 g/mol. The third-order valence-corrected chi connectivity index (χ3v) is 4.26. The van der Waals surface area contributed by atoms with Crippen LogP contribution >= 0.6 is 0 Å². The number of ether oxygens (including phenoxy) is 1. The van der Waals surface area contributed by atoms with E-state index in [1.54, 1.807) is 11.9 Å². The fourth-order valence-corrected chi connectivity index (χ4v) is 2.89. The van der Waals surface area contributed by atoms with Gasteiger partial charge in [0.05, 0.1) is 12.5 Å². The van der Waals surface area contributed by atoms with Gasteiger partial charge in [-0.2, -0.15) is 0 Å². The highest BCUT2D eigenvalue weighted by Crippen LogP contribution is 2.30. The zero-order valence-electron chi connectivity index (χ0n) is 13.2. The predicted molar refractivity (Wildman–Crippen MR) is 82.6 cm³/mol. The molecule has 2 rings (SSSR count). The molecule has 1 aromatic rings. The molecule has 1 aromatic carbocycles. The first-order chi connectivity index (χ1) is 11.0. The monoisotopic (exact) mass is 323 g/mol. The first-order valence-corrected chi connectivity index (χ1v) is 7.83. The van der Waals surface area contributed by atoms with E-state index in [1.165, 1.54) is 24.3 Å². The fraction of sp³-hybridized carbons (Fsp3) is 0.529. The molecule has 1 aliphatic carbocycles. The van der Waals surface area contributed by atoms with Gasteiger partial charge >= 0.3 is 5.97 Å². The van der Waals surface area contributed by atoms with Gasteiger partial charge in [0.25, 0.3) is 0 Å². The number of likely N-dealkylation sites (N-methyl/N-ethyl adjacent to an activating group) is 1. The number of benzene rings is 1. The van der Waals surface area contributed by atoms with Crippen LogP contribution in [0.25, 0.3) is 0 Å². The molecule has 1 fully saturated rings. The van der Waals surface area contributed by atoms with Crippen LogP contribution in [0.2, 0.25) is 0 Å². The lowest BCUT2D eigenvalue weighted by Gasteiger charge is -2.29. The quantitative estimate of drug-likeness (QED) is 0.874. The molecule has 0 saturated heterocycles. The highest BCUT2D eigenvalue weighted by atomic mass is 19.1. The van der Waals surface area contributed by atoms with Crippen LogP contribution in [-0.2, 0) is 9.59 Å². The number of rotatable bonds is 6. The van der Waals surface area contributed by atoms with E-state index in [2.05, 4.69) is 0 Å². The van der Waals surface area contributed by atoms with Gasteiger partial charge in [-0.1, -0.05) is 6.42 Å². The molecule has 1 N–H and O–H groups in total. The minimum Gasteiger partial charge on any atom is -0.492 e. The molecule has 0 spiro atoms. The molecular weight excluding hydrogens is 301 g/mol. The van der Waals surface area contributed by atoms with Crippen molar-refractivity contribution in [3.8, 4) is 5.75 Å². The van der Waals surface area contributed by atoms with Crippen molar-refractivity contribution in [2.45, 2.75) is 25.7 Å². The Morgan fingerprint density at radius 1 is 1.26 bits per heavy atom. The zero-order chi connectivity index (χ0) is 16.8. The molecule has 0 bridgehead atoms. The van der Waals surface area contributed by atoms with Gasteiger partial charge in [0, 0.05) is 13.0 Å². The van der Waals surface area contributed by atoms with Crippen LogP contribution < -0.4 is 4.74 Å². The Morgan fingerprint density at radius 2 is 1.91 bits per heavy atom. The first-order valence-electron chi connectivity index (χ1n) is 7.83. The van der Waals surface area contributed by atoms with Gasteiger partial charge in [-0.3, -0.25) is 9.59 Å². The van der Waals surface area contributed by atoms with E-state index in [0.29, 0.717) is 31.7 Å². The summed E-state index contributed by atoms with van der Waals surface area (Å²) in [5.41, 5.74) is 0. The Hall–Kier alpha value is -2.11. The Balaban J connectivity index is 1.78. The summed E-state index contributed by atoms with van der Waals surface area (Å²) in [5, 5.41) is 9.09. The van der Waals surface area contributed by atoms with E-state index in [9.17, 15) is 14.0 Å². The largest absolute Gasteiger partial charge is 0.492 e. The van der Waals surface area contributed by atoms with Crippen molar-refractivity contribution < 1.29 is 23.8 Å². The van der Waals surface area contributed by atoms with Crippen LogP contribution in [0, 0.1) is 17.7 Å². The lowest BCUT2D eigenvalue weighted by Crippen LogP contribution is -2.38. The van der Waals surface area contributed by atoms with Gasteiger partial charge in [0.1, 0.15) is 18.2 Å². The zero-order valence-corrected chi connectivity index (χ0v) is 13.2. The molecule has 126 valence electrons. The Kier molecular flexibility index (Phi) is 5.96. The van der Waals surface area contributed by atoms with Crippen LogP contribution in [-0.4, -0.2) is 42.1 Å². The molecule has 2 unspecified atom stereocenters. The maximum Gasteiger partial charge on any atom is 0.306 e. The maximum absolute atomic E-state index is 12.8. The van der Waals surface area contributed by atoms with Gasteiger partial charge in [-0.05, 0) is 43.5 Å². The lowest BCUT2D eigenvalue weighted by molar-refractivity contribution is -0.145. The van der Waals surface area contributed by atoms with Crippen molar-refractivity contribution in [2.24, 2.45) is 11.8 Å². The summed E-state index contributed by atoms with van der Waals surface area (Å²) in [7, 11) is 1.70. The van der Waals surface area contributed by atoms with Crippen molar-refractivity contribution in [1.82, 2.24) is 4.90 Å². The second kappa shape index (κ2) is 7.94. The number of amides is 1. The van der Waals surface area contributed by atoms with Crippen LogP contribution in [0.5, 0.6) is 5.75 Å². The molecule has 5 nitrogen and oxygen atoms in total. The Labute approximate surface area is 135 Å². The molecule has 23 heavy (non-hydrogen) atoms. The van der Waals surface area contributed by atoms with Gasteiger partial charge < -0.3 is 14.7 Å². The molecule has 1 saturated carbocycles. The van der Waals surface area contributed by atoms with E-state index in [4.69, 9.17) is 9.84 Å². The number of hydrogen-bond acceptors (Lipinski definition) is 3. The summed E-state index contributed by atoms with van der Waals surface area (Å²) in [6.07, 6.45) is 2.58. The minimum atomic E-state index is -0.815. The van der Waals surface area contributed by atoms with Gasteiger partial charge in [-0.25, -0.2) is 4.39 Å².